The number of amides is 1. The first-order valence-electron chi connectivity index (χ1n) is 5.67. The van der Waals surface area contributed by atoms with Crippen LogP contribution in [-0.4, -0.2) is 39.5 Å². The van der Waals surface area contributed by atoms with Crippen molar-refractivity contribution in [2.24, 2.45) is 0 Å². The van der Waals surface area contributed by atoms with Crippen molar-refractivity contribution >= 4 is 11.9 Å². The summed E-state index contributed by atoms with van der Waals surface area (Å²) < 4.78 is 0. The molecule has 0 aliphatic rings. The fraction of sp³-hybridized carbons (Fsp3) is 0.462. The Hall–Kier alpha value is -1.91. The molecule has 1 N–H and O–H groups in total. The van der Waals surface area contributed by atoms with Crippen LogP contribution in [0.1, 0.15) is 25.1 Å². The van der Waals surface area contributed by atoms with Gasteiger partial charge in [-0.15, -0.1) is 0 Å². The van der Waals surface area contributed by atoms with E-state index in [-0.39, 0.29) is 12.3 Å². The molecule has 0 saturated carbocycles. The molecule has 0 aliphatic carbocycles. The Labute approximate surface area is 106 Å². The predicted molar refractivity (Wildman–Crippen MR) is 67.2 cm³/mol. The lowest BCUT2D eigenvalue weighted by Crippen LogP contribution is -2.51. The van der Waals surface area contributed by atoms with Crippen LogP contribution in [0.25, 0.3) is 0 Å². The van der Waals surface area contributed by atoms with Crippen molar-refractivity contribution in [3.05, 3.63) is 29.6 Å². The van der Waals surface area contributed by atoms with Gasteiger partial charge in [0.1, 0.15) is 5.54 Å². The molecule has 5 nitrogen and oxygen atoms in total. The summed E-state index contributed by atoms with van der Waals surface area (Å²) in [6, 6.07) is 3.67. The minimum Gasteiger partial charge on any atom is -0.480 e. The van der Waals surface area contributed by atoms with E-state index in [9.17, 15) is 9.59 Å². The van der Waals surface area contributed by atoms with E-state index in [4.69, 9.17) is 5.11 Å². The van der Waals surface area contributed by atoms with Crippen molar-refractivity contribution in [1.29, 1.82) is 0 Å². The van der Waals surface area contributed by atoms with Crippen molar-refractivity contribution in [2.75, 3.05) is 7.05 Å². The van der Waals surface area contributed by atoms with Crippen molar-refractivity contribution in [3.63, 3.8) is 0 Å². The normalized spacial score (nSPS) is 11.1. The summed E-state index contributed by atoms with van der Waals surface area (Å²) in [5.74, 6) is -1.29. The quantitative estimate of drug-likeness (QED) is 0.873. The molecule has 0 atom stereocenters. The Morgan fingerprint density at radius 3 is 2.56 bits per heavy atom. The lowest BCUT2D eigenvalue weighted by molar-refractivity contribution is -0.155. The summed E-state index contributed by atoms with van der Waals surface area (Å²) >= 11 is 0. The van der Waals surface area contributed by atoms with Gasteiger partial charge < -0.3 is 10.0 Å². The highest BCUT2D eigenvalue weighted by Gasteiger charge is 2.35. The molecule has 1 aromatic heterocycles. The van der Waals surface area contributed by atoms with Gasteiger partial charge in [-0.05, 0) is 32.4 Å². The van der Waals surface area contributed by atoms with Crippen molar-refractivity contribution in [2.45, 2.75) is 32.7 Å². The monoisotopic (exact) mass is 250 g/mol. The second-order valence-electron chi connectivity index (χ2n) is 4.76. The number of aryl methyl sites for hydroxylation is 1. The number of aromatic nitrogens is 1. The zero-order valence-electron chi connectivity index (χ0n) is 11.1. The number of nitrogens with zero attached hydrogens (tertiary/aromatic N) is 2. The van der Waals surface area contributed by atoms with Gasteiger partial charge in [-0.3, -0.25) is 9.78 Å². The predicted octanol–water partition coefficient (Wildman–Crippen LogP) is 1.25. The third-order valence-electron chi connectivity index (χ3n) is 3.17. The van der Waals surface area contributed by atoms with Gasteiger partial charge in [-0.2, -0.15) is 0 Å². The summed E-state index contributed by atoms with van der Waals surface area (Å²) in [5.41, 5.74) is 0.377. The molecule has 98 valence electrons. The lowest BCUT2D eigenvalue weighted by Gasteiger charge is -2.31. The van der Waals surface area contributed by atoms with Crippen LogP contribution in [0.2, 0.25) is 0 Å². The SMILES string of the molecule is Cc1cccnc1CC(=O)N(C)C(C)(C)C(=O)O. The van der Waals surface area contributed by atoms with Crippen LogP contribution in [0.3, 0.4) is 0 Å². The van der Waals surface area contributed by atoms with Crippen LogP contribution >= 0.6 is 0 Å². The number of aliphatic carboxylic acids is 1. The molecule has 0 aliphatic heterocycles. The first-order chi connectivity index (χ1) is 8.26. The van der Waals surface area contributed by atoms with Crippen LogP contribution in [0.15, 0.2) is 18.3 Å². The van der Waals surface area contributed by atoms with Gasteiger partial charge in [-0.25, -0.2) is 4.79 Å². The average molecular weight is 250 g/mol. The number of rotatable bonds is 4. The third-order valence-corrected chi connectivity index (χ3v) is 3.17. The molecule has 1 rings (SSSR count). The molecule has 18 heavy (non-hydrogen) atoms. The summed E-state index contributed by atoms with van der Waals surface area (Å²) in [6.45, 7) is 4.87. The summed E-state index contributed by atoms with van der Waals surface area (Å²) in [7, 11) is 1.49. The van der Waals surface area contributed by atoms with Gasteiger partial charge in [0.2, 0.25) is 5.91 Å². The Bertz CT molecular complexity index is 469. The molecule has 0 radical (unpaired) electrons. The van der Waals surface area contributed by atoms with Crippen molar-refractivity contribution < 1.29 is 14.7 Å². The maximum atomic E-state index is 12.0. The molecule has 1 heterocycles. The zero-order valence-corrected chi connectivity index (χ0v) is 11.1. The van der Waals surface area contributed by atoms with E-state index in [1.54, 1.807) is 12.3 Å². The van der Waals surface area contributed by atoms with E-state index in [1.807, 2.05) is 13.0 Å². The van der Waals surface area contributed by atoms with Gasteiger partial charge in [0.25, 0.3) is 0 Å². The molecule has 1 amide bonds. The third kappa shape index (κ3) is 2.85. The van der Waals surface area contributed by atoms with Gasteiger partial charge >= 0.3 is 5.97 Å². The van der Waals surface area contributed by atoms with Crippen LogP contribution in [0, 0.1) is 6.92 Å². The van der Waals surface area contributed by atoms with E-state index in [0.29, 0.717) is 5.69 Å². The maximum absolute atomic E-state index is 12.0. The Kier molecular flexibility index (Phi) is 4.06. The second-order valence-corrected chi connectivity index (χ2v) is 4.76. The fourth-order valence-corrected chi connectivity index (χ4v) is 1.42. The number of hydrogen-bond acceptors (Lipinski definition) is 3. The number of carbonyl (C=O) groups is 2. The molecular weight excluding hydrogens is 232 g/mol. The van der Waals surface area contributed by atoms with Crippen LogP contribution in [0.4, 0.5) is 0 Å². The van der Waals surface area contributed by atoms with Gasteiger partial charge in [0.05, 0.1) is 12.1 Å². The topological polar surface area (TPSA) is 70.5 Å². The van der Waals surface area contributed by atoms with E-state index < -0.39 is 11.5 Å². The smallest absolute Gasteiger partial charge is 0.329 e. The summed E-state index contributed by atoms with van der Waals surface area (Å²) in [5, 5.41) is 9.07. The van der Waals surface area contributed by atoms with Gasteiger partial charge in [0, 0.05) is 13.2 Å². The molecule has 0 saturated heterocycles. The molecular formula is C13H18N2O3. The number of carboxylic acid groups (broad SMARTS) is 1. The lowest BCUT2D eigenvalue weighted by atomic mass is 10.0. The number of carboxylic acids is 1. The van der Waals surface area contributed by atoms with E-state index in [2.05, 4.69) is 4.98 Å². The minimum absolute atomic E-state index is 0.111. The van der Waals surface area contributed by atoms with Crippen molar-refractivity contribution in [1.82, 2.24) is 9.88 Å². The molecule has 0 unspecified atom stereocenters. The highest BCUT2D eigenvalue weighted by atomic mass is 16.4. The van der Waals surface area contributed by atoms with Crippen LogP contribution < -0.4 is 0 Å². The molecule has 1 aromatic rings. The number of carbonyl (C=O) groups excluding carboxylic acids is 1. The van der Waals surface area contributed by atoms with Gasteiger partial charge in [0.15, 0.2) is 0 Å². The van der Waals surface area contributed by atoms with E-state index >= 15 is 0 Å². The molecule has 0 fully saturated rings. The Morgan fingerprint density at radius 1 is 1.44 bits per heavy atom. The molecule has 5 heteroatoms. The highest BCUT2D eigenvalue weighted by molar-refractivity contribution is 5.87. The van der Waals surface area contributed by atoms with Gasteiger partial charge in [-0.1, -0.05) is 6.07 Å². The minimum atomic E-state index is -1.22. The van der Waals surface area contributed by atoms with Crippen LogP contribution in [-0.2, 0) is 16.0 Å². The Balaban J connectivity index is 2.84. The molecule has 0 spiro atoms. The number of pyridine rings is 1. The largest absolute Gasteiger partial charge is 0.480 e. The second kappa shape index (κ2) is 5.16. The first-order valence-corrected chi connectivity index (χ1v) is 5.67. The first kappa shape index (κ1) is 14.2. The number of likely N-dealkylation sites (N-methyl/N-ethyl adjacent to an activating group) is 1. The number of hydrogen-bond donors (Lipinski definition) is 1. The maximum Gasteiger partial charge on any atom is 0.329 e. The zero-order chi connectivity index (χ0) is 13.9. The van der Waals surface area contributed by atoms with Crippen LogP contribution in [0.5, 0.6) is 0 Å². The average Bonchev–Trinajstić information content (AvgIpc) is 2.30. The van der Waals surface area contributed by atoms with Crippen molar-refractivity contribution in [3.8, 4) is 0 Å². The standard InChI is InChI=1S/C13H18N2O3/c1-9-6-5-7-14-10(9)8-11(16)15(4)13(2,3)12(17)18/h5-7H,8H2,1-4H3,(H,17,18). The molecule has 0 aromatic carbocycles. The highest BCUT2D eigenvalue weighted by Crippen LogP contribution is 2.15. The van der Waals surface area contributed by atoms with E-state index in [0.717, 1.165) is 5.56 Å². The summed E-state index contributed by atoms with van der Waals surface area (Å²) in [4.78, 5) is 28.5. The van der Waals surface area contributed by atoms with E-state index in [1.165, 1.54) is 25.8 Å². The molecule has 0 bridgehead atoms. The summed E-state index contributed by atoms with van der Waals surface area (Å²) in [6.07, 6.45) is 1.73. The Morgan fingerprint density at radius 2 is 2.06 bits per heavy atom. The fourth-order valence-electron chi connectivity index (χ4n) is 1.42.